The molecular formula is C9H5ClO4. The van der Waals surface area contributed by atoms with Gasteiger partial charge in [0.25, 0.3) is 5.24 Å². The lowest BCUT2D eigenvalue weighted by Gasteiger charge is -2.10. The Morgan fingerprint density at radius 2 is 1.93 bits per heavy atom. The highest BCUT2D eigenvalue weighted by Crippen LogP contribution is 2.31. The maximum absolute atomic E-state index is 11.1. The molecule has 4 nitrogen and oxygen atoms in total. The molecule has 0 aromatic rings. The third-order valence-electron chi connectivity index (χ3n) is 2.20. The van der Waals surface area contributed by atoms with Crippen molar-refractivity contribution in [3.63, 3.8) is 0 Å². The van der Waals surface area contributed by atoms with Crippen LogP contribution in [0.1, 0.15) is 0 Å². The number of allylic oxidation sites excluding steroid dienone is 2. The molecule has 14 heavy (non-hydrogen) atoms. The van der Waals surface area contributed by atoms with E-state index in [4.69, 9.17) is 11.6 Å². The normalized spacial score (nSPS) is 29.6. The van der Waals surface area contributed by atoms with E-state index in [2.05, 4.69) is 4.74 Å². The zero-order chi connectivity index (χ0) is 10.3. The lowest BCUT2D eigenvalue weighted by atomic mass is 9.88. The summed E-state index contributed by atoms with van der Waals surface area (Å²) in [6, 6.07) is 0. The van der Waals surface area contributed by atoms with Gasteiger partial charge in [0.2, 0.25) is 0 Å². The second-order valence-corrected chi connectivity index (χ2v) is 3.39. The molecule has 0 spiro atoms. The minimum Gasteiger partial charge on any atom is -0.392 e. The molecule has 0 amide bonds. The molecule has 1 aliphatic heterocycles. The van der Waals surface area contributed by atoms with Crippen LogP contribution in [0.3, 0.4) is 0 Å². The van der Waals surface area contributed by atoms with Gasteiger partial charge in [0.1, 0.15) is 0 Å². The molecule has 0 aromatic carbocycles. The molecule has 1 aliphatic carbocycles. The van der Waals surface area contributed by atoms with Crippen molar-refractivity contribution in [2.75, 3.05) is 0 Å². The molecule has 2 aliphatic rings. The fraction of sp³-hybridized carbons (Fsp3) is 0.222. The van der Waals surface area contributed by atoms with Crippen LogP contribution in [0.15, 0.2) is 23.8 Å². The molecular weight excluding hydrogens is 208 g/mol. The molecule has 0 saturated carbocycles. The molecule has 1 fully saturated rings. The fourth-order valence-corrected chi connectivity index (χ4v) is 1.61. The van der Waals surface area contributed by atoms with E-state index in [9.17, 15) is 14.4 Å². The fourth-order valence-electron chi connectivity index (χ4n) is 1.49. The van der Waals surface area contributed by atoms with E-state index in [0.29, 0.717) is 0 Å². The van der Waals surface area contributed by atoms with Crippen LogP contribution < -0.4 is 0 Å². The Morgan fingerprint density at radius 3 is 2.57 bits per heavy atom. The quantitative estimate of drug-likeness (QED) is 0.362. The van der Waals surface area contributed by atoms with Crippen LogP contribution in [0.5, 0.6) is 0 Å². The number of carbonyl (C=O) groups is 3. The van der Waals surface area contributed by atoms with Crippen molar-refractivity contribution in [2.24, 2.45) is 11.8 Å². The molecule has 2 rings (SSSR count). The van der Waals surface area contributed by atoms with E-state index in [1.807, 2.05) is 0 Å². The van der Waals surface area contributed by atoms with Gasteiger partial charge in [-0.05, 0) is 11.6 Å². The van der Waals surface area contributed by atoms with Crippen molar-refractivity contribution in [2.45, 2.75) is 0 Å². The van der Waals surface area contributed by atoms with Crippen molar-refractivity contribution in [3.05, 3.63) is 23.8 Å². The molecule has 1 heterocycles. The molecule has 2 unspecified atom stereocenters. The number of hydrogen-bond donors (Lipinski definition) is 0. The van der Waals surface area contributed by atoms with Crippen LogP contribution in [0.4, 0.5) is 0 Å². The minimum atomic E-state index is -0.690. The Balaban J connectivity index is 2.35. The second kappa shape index (κ2) is 3.06. The van der Waals surface area contributed by atoms with Gasteiger partial charge in [0, 0.05) is 5.57 Å². The number of halogens is 1. The SMILES string of the molecule is O=C(Cl)C1=CC2C(=O)OC(=O)C2C=C1. The van der Waals surface area contributed by atoms with E-state index < -0.39 is 29.0 Å². The first-order valence-corrected chi connectivity index (χ1v) is 4.33. The number of ether oxygens (including phenoxy) is 1. The van der Waals surface area contributed by atoms with E-state index >= 15 is 0 Å². The number of esters is 2. The Kier molecular flexibility index (Phi) is 2.00. The highest BCUT2D eigenvalue weighted by Gasteiger charge is 2.43. The first-order chi connectivity index (χ1) is 6.59. The molecule has 0 bridgehead atoms. The Bertz CT molecular complexity index is 394. The first kappa shape index (κ1) is 9.15. The molecule has 0 radical (unpaired) electrons. The summed E-state index contributed by atoms with van der Waals surface area (Å²) in [5, 5.41) is -0.646. The summed E-state index contributed by atoms with van der Waals surface area (Å²) >= 11 is 5.24. The summed E-state index contributed by atoms with van der Waals surface area (Å²) in [7, 11) is 0. The number of cyclic esters (lactones) is 2. The summed E-state index contributed by atoms with van der Waals surface area (Å²) < 4.78 is 4.41. The summed E-state index contributed by atoms with van der Waals surface area (Å²) in [5.74, 6) is -2.49. The molecule has 5 heteroatoms. The average Bonchev–Trinajstić information content (AvgIpc) is 2.42. The molecule has 0 N–H and O–H groups in total. The highest BCUT2D eigenvalue weighted by molar-refractivity contribution is 6.68. The third kappa shape index (κ3) is 1.28. The zero-order valence-corrected chi connectivity index (χ0v) is 7.65. The standard InChI is InChI=1S/C9H5ClO4/c10-7(11)4-1-2-5-6(3-4)9(13)14-8(5)12/h1-3,5-6H. The van der Waals surface area contributed by atoms with Crippen LogP contribution in [-0.2, 0) is 19.1 Å². The second-order valence-electron chi connectivity index (χ2n) is 3.05. The lowest BCUT2D eigenvalue weighted by Crippen LogP contribution is -2.17. The van der Waals surface area contributed by atoms with Gasteiger partial charge >= 0.3 is 11.9 Å². The van der Waals surface area contributed by atoms with Gasteiger partial charge in [-0.25, -0.2) is 0 Å². The van der Waals surface area contributed by atoms with Gasteiger partial charge in [-0.15, -0.1) is 0 Å². The Hall–Kier alpha value is -1.42. The van der Waals surface area contributed by atoms with Gasteiger partial charge in [0.05, 0.1) is 11.8 Å². The monoisotopic (exact) mass is 212 g/mol. The molecule has 72 valence electrons. The predicted molar refractivity (Wildman–Crippen MR) is 46.2 cm³/mol. The van der Waals surface area contributed by atoms with Crippen molar-refractivity contribution < 1.29 is 19.1 Å². The van der Waals surface area contributed by atoms with Crippen LogP contribution >= 0.6 is 11.6 Å². The van der Waals surface area contributed by atoms with Gasteiger partial charge in [-0.3, -0.25) is 14.4 Å². The molecule has 1 saturated heterocycles. The summed E-state index contributed by atoms with van der Waals surface area (Å²) in [6.45, 7) is 0. The van der Waals surface area contributed by atoms with Crippen LogP contribution in [0.2, 0.25) is 0 Å². The number of rotatable bonds is 1. The summed E-state index contributed by atoms with van der Waals surface area (Å²) in [6.07, 6.45) is 4.26. The maximum Gasteiger partial charge on any atom is 0.321 e. The Morgan fingerprint density at radius 1 is 1.29 bits per heavy atom. The van der Waals surface area contributed by atoms with E-state index in [1.165, 1.54) is 18.2 Å². The largest absolute Gasteiger partial charge is 0.392 e. The Labute approximate surface area is 84.2 Å². The van der Waals surface area contributed by atoms with E-state index in [1.54, 1.807) is 0 Å². The zero-order valence-electron chi connectivity index (χ0n) is 6.90. The van der Waals surface area contributed by atoms with E-state index in [0.717, 1.165) is 0 Å². The van der Waals surface area contributed by atoms with Crippen molar-refractivity contribution >= 4 is 28.8 Å². The first-order valence-electron chi connectivity index (χ1n) is 3.95. The number of carbonyl (C=O) groups excluding carboxylic acids is 3. The van der Waals surface area contributed by atoms with Crippen molar-refractivity contribution in [3.8, 4) is 0 Å². The van der Waals surface area contributed by atoms with Crippen LogP contribution in [0, 0.1) is 11.8 Å². The summed E-state index contributed by atoms with van der Waals surface area (Å²) in [5.41, 5.74) is 0.222. The number of fused-ring (bicyclic) bond motifs is 1. The van der Waals surface area contributed by atoms with Crippen molar-refractivity contribution in [1.29, 1.82) is 0 Å². The maximum atomic E-state index is 11.1. The summed E-state index contributed by atoms with van der Waals surface area (Å²) in [4.78, 5) is 32.9. The topological polar surface area (TPSA) is 60.4 Å². The van der Waals surface area contributed by atoms with Crippen LogP contribution in [-0.4, -0.2) is 17.2 Å². The minimum absolute atomic E-state index is 0.222. The molecule has 0 aromatic heterocycles. The highest BCUT2D eigenvalue weighted by atomic mass is 35.5. The van der Waals surface area contributed by atoms with Gasteiger partial charge in [-0.2, -0.15) is 0 Å². The van der Waals surface area contributed by atoms with Gasteiger partial charge in [0.15, 0.2) is 0 Å². The predicted octanol–water partition coefficient (Wildman–Crippen LogP) is 0.564. The third-order valence-corrected chi connectivity index (χ3v) is 2.42. The van der Waals surface area contributed by atoms with Gasteiger partial charge < -0.3 is 4.74 Å². The van der Waals surface area contributed by atoms with Gasteiger partial charge in [-0.1, -0.05) is 18.2 Å². The van der Waals surface area contributed by atoms with Crippen LogP contribution in [0.25, 0.3) is 0 Å². The average molecular weight is 213 g/mol. The smallest absolute Gasteiger partial charge is 0.321 e. The molecule has 2 atom stereocenters. The van der Waals surface area contributed by atoms with Crippen molar-refractivity contribution in [1.82, 2.24) is 0 Å². The number of hydrogen-bond acceptors (Lipinski definition) is 4. The lowest BCUT2D eigenvalue weighted by molar-refractivity contribution is -0.153. The van der Waals surface area contributed by atoms with E-state index in [-0.39, 0.29) is 5.57 Å².